The maximum Gasteiger partial charge on any atom is 0.225 e. The number of nitrogens with one attached hydrogen (secondary N) is 2. The molecular formula is C20H31ClN2O2. The normalized spacial score (nSPS) is 11.9. The van der Waals surface area contributed by atoms with Crippen LogP contribution in [0.4, 0.5) is 0 Å². The van der Waals surface area contributed by atoms with Gasteiger partial charge in [-0.05, 0) is 37.0 Å². The van der Waals surface area contributed by atoms with Crippen LogP contribution in [0.2, 0.25) is 5.02 Å². The largest absolute Gasteiger partial charge is 0.356 e. The summed E-state index contributed by atoms with van der Waals surface area (Å²) in [7, 11) is 0. The average molecular weight is 367 g/mol. The van der Waals surface area contributed by atoms with Crippen LogP contribution in [0.25, 0.3) is 0 Å². The summed E-state index contributed by atoms with van der Waals surface area (Å²) >= 11 is 5.97. The molecule has 0 atom stereocenters. The molecule has 0 fully saturated rings. The van der Waals surface area contributed by atoms with Crippen LogP contribution in [0.1, 0.15) is 65.9 Å². The summed E-state index contributed by atoms with van der Waals surface area (Å²) in [6.45, 7) is 10.3. The number of amides is 2. The van der Waals surface area contributed by atoms with Crippen LogP contribution >= 0.6 is 11.6 Å². The first-order valence-electron chi connectivity index (χ1n) is 9.00. The van der Waals surface area contributed by atoms with Gasteiger partial charge in [0.2, 0.25) is 11.8 Å². The van der Waals surface area contributed by atoms with Crippen LogP contribution in [-0.2, 0) is 15.1 Å². The second-order valence-corrected chi connectivity index (χ2v) is 7.89. The summed E-state index contributed by atoms with van der Waals surface area (Å²) in [6.07, 6.45) is 2.62. The van der Waals surface area contributed by atoms with Crippen molar-refractivity contribution in [3.63, 3.8) is 0 Å². The third-order valence-electron chi connectivity index (χ3n) is 4.53. The Bertz CT molecular complexity index is 572. The number of halogens is 1. The van der Waals surface area contributed by atoms with Gasteiger partial charge in [-0.2, -0.15) is 0 Å². The van der Waals surface area contributed by atoms with Crippen LogP contribution in [0.15, 0.2) is 24.3 Å². The van der Waals surface area contributed by atoms with Gasteiger partial charge in [0.05, 0.1) is 5.54 Å². The lowest BCUT2D eigenvalue weighted by molar-refractivity contribution is -0.129. The number of hydrogen-bond donors (Lipinski definition) is 2. The molecule has 1 rings (SSSR count). The first kappa shape index (κ1) is 21.5. The molecule has 0 spiro atoms. The Morgan fingerprint density at radius 2 is 1.60 bits per heavy atom. The zero-order valence-corrected chi connectivity index (χ0v) is 16.8. The van der Waals surface area contributed by atoms with Gasteiger partial charge in [-0.15, -0.1) is 0 Å². The Morgan fingerprint density at radius 1 is 1.04 bits per heavy atom. The molecule has 0 aliphatic carbocycles. The Balaban J connectivity index is 2.60. The fraction of sp³-hybridized carbons (Fsp3) is 0.600. The molecule has 0 saturated carbocycles. The number of hydrogen-bond acceptors (Lipinski definition) is 2. The zero-order chi connectivity index (χ0) is 19.1. The highest BCUT2D eigenvalue weighted by Gasteiger charge is 2.30. The van der Waals surface area contributed by atoms with E-state index in [0.29, 0.717) is 24.4 Å². The van der Waals surface area contributed by atoms with Crippen molar-refractivity contribution in [2.45, 2.75) is 65.8 Å². The third kappa shape index (κ3) is 6.35. The monoisotopic (exact) mass is 366 g/mol. The molecule has 5 heteroatoms. The summed E-state index contributed by atoms with van der Waals surface area (Å²) in [5, 5.41) is 6.75. The minimum atomic E-state index is -0.406. The predicted octanol–water partition coefficient (Wildman–Crippen LogP) is 4.41. The second kappa shape index (κ2) is 9.23. The summed E-state index contributed by atoms with van der Waals surface area (Å²) in [5.41, 5.74) is 0.281. The van der Waals surface area contributed by atoms with Crippen molar-refractivity contribution in [3.8, 4) is 0 Å². The van der Waals surface area contributed by atoms with E-state index in [0.717, 1.165) is 18.4 Å². The lowest BCUT2D eigenvalue weighted by Gasteiger charge is -2.34. The summed E-state index contributed by atoms with van der Waals surface area (Å²) in [4.78, 5) is 24.2. The molecule has 2 amide bonds. The predicted molar refractivity (Wildman–Crippen MR) is 104 cm³/mol. The van der Waals surface area contributed by atoms with Gasteiger partial charge < -0.3 is 10.6 Å². The van der Waals surface area contributed by atoms with Crippen molar-refractivity contribution >= 4 is 23.4 Å². The van der Waals surface area contributed by atoms with Crippen molar-refractivity contribution in [1.82, 2.24) is 10.6 Å². The van der Waals surface area contributed by atoms with E-state index in [1.54, 1.807) is 0 Å². The van der Waals surface area contributed by atoms with Crippen molar-refractivity contribution in [1.29, 1.82) is 0 Å². The van der Waals surface area contributed by atoms with E-state index in [1.165, 1.54) is 0 Å². The minimum Gasteiger partial charge on any atom is -0.356 e. The third-order valence-corrected chi connectivity index (χ3v) is 4.78. The maximum absolute atomic E-state index is 12.4. The number of carbonyl (C=O) groups excluding carboxylic acids is 2. The van der Waals surface area contributed by atoms with Crippen LogP contribution in [0, 0.1) is 5.41 Å². The molecular weight excluding hydrogens is 336 g/mol. The summed E-state index contributed by atoms with van der Waals surface area (Å²) < 4.78 is 0. The van der Waals surface area contributed by atoms with Crippen molar-refractivity contribution < 1.29 is 9.59 Å². The van der Waals surface area contributed by atoms with Crippen molar-refractivity contribution in [2.75, 3.05) is 6.54 Å². The Labute approximate surface area is 156 Å². The highest BCUT2D eigenvalue weighted by Crippen LogP contribution is 2.29. The quantitative estimate of drug-likeness (QED) is 0.669. The van der Waals surface area contributed by atoms with Crippen LogP contribution in [-0.4, -0.2) is 18.4 Å². The smallest absolute Gasteiger partial charge is 0.225 e. The van der Waals surface area contributed by atoms with E-state index in [9.17, 15) is 9.59 Å². The van der Waals surface area contributed by atoms with Gasteiger partial charge in [-0.25, -0.2) is 0 Å². The van der Waals surface area contributed by atoms with Crippen molar-refractivity contribution in [2.24, 2.45) is 5.41 Å². The summed E-state index contributed by atoms with van der Waals surface area (Å²) in [5.74, 6) is 0.00851. The molecule has 0 unspecified atom stereocenters. The highest BCUT2D eigenvalue weighted by atomic mass is 35.5. The first-order chi connectivity index (χ1) is 11.6. The number of carbonyl (C=O) groups is 2. The zero-order valence-electron chi connectivity index (χ0n) is 16.0. The molecule has 0 aromatic heterocycles. The lowest BCUT2D eigenvalue weighted by Crippen LogP contribution is -2.45. The molecule has 0 aliphatic rings. The Kier molecular flexibility index (Phi) is 7.94. The van der Waals surface area contributed by atoms with E-state index in [1.807, 2.05) is 45.0 Å². The SMILES string of the molecule is CCC(CC)(NC(=O)CCCNC(=O)C(C)(C)C)c1ccc(Cl)cc1. The molecule has 0 bridgehead atoms. The second-order valence-electron chi connectivity index (χ2n) is 7.45. The lowest BCUT2D eigenvalue weighted by atomic mass is 9.84. The molecule has 0 aliphatic heterocycles. The van der Waals surface area contributed by atoms with Crippen molar-refractivity contribution in [3.05, 3.63) is 34.9 Å². The standard InChI is InChI=1S/C20H31ClN2O2/c1-6-20(7-2,15-10-12-16(21)13-11-15)23-17(24)9-8-14-22-18(25)19(3,4)5/h10-13H,6-9,14H2,1-5H3,(H,22,25)(H,23,24). The average Bonchev–Trinajstić information content (AvgIpc) is 2.56. The Morgan fingerprint density at radius 3 is 2.08 bits per heavy atom. The summed E-state index contributed by atoms with van der Waals surface area (Å²) in [6, 6.07) is 7.65. The van der Waals surface area contributed by atoms with Gasteiger partial charge in [-0.3, -0.25) is 9.59 Å². The number of benzene rings is 1. The maximum atomic E-state index is 12.4. The fourth-order valence-corrected chi connectivity index (χ4v) is 2.85. The molecule has 0 heterocycles. The van der Waals surface area contributed by atoms with Gasteiger partial charge in [0, 0.05) is 23.4 Å². The number of rotatable bonds is 8. The molecule has 4 nitrogen and oxygen atoms in total. The Hall–Kier alpha value is -1.55. The van der Waals surface area contributed by atoms with E-state index < -0.39 is 5.41 Å². The van der Waals surface area contributed by atoms with Gasteiger partial charge in [0.15, 0.2) is 0 Å². The molecule has 2 N–H and O–H groups in total. The van der Waals surface area contributed by atoms with Crippen LogP contribution < -0.4 is 10.6 Å². The highest BCUT2D eigenvalue weighted by molar-refractivity contribution is 6.30. The van der Waals surface area contributed by atoms with Gasteiger partial charge in [0.1, 0.15) is 0 Å². The topological polar surface area (TPSA) is 58.2 Å². The first-order valence-corrected chi connectivity index (χ1v) is 9.37. The molecule has 0 saturated heterocycles. The van der Waals surface area contributed by atoms with Gasteiger partial charge >= 0.3 is 0 Å². The van der Waals surface area contributed by atoms with E-state index >= 15 is 0 Å². The molecule has 0 radical (unpaired) electrons. The molecule has 140 valence electrons. The van der Waals surface area contributed by atoms with Crippen LogP contribution in [0.3, 0.4) is 0 Å². The fourth-order valence-electron chi connectivity index (χ4n) is 2.72. The van der Waals surface area contributed by atoms with Gasteiger partial charge in [-0.1, -0.05) is 58.4 Å². The van der Waals surface area contributed by atoms with E-state index in [2.05, 4.69) is 24.5 Å². The van der Waals surface area contributed by atoms with E-state index in [-0.39, 0.29) is 17.4 Å². The van der Waals surface area contributed by atoms with Crippen LogP contribution in [0.5, 0.6) is 0 Å². The van der Waals surface area contributed by atoms with Gasteiger partial charge in [0.25, 0.3) is 0 Å². The minimum absolute atomic E-state index is 0.00339. The molecule has 25 heavy (non-hydrogen) atoms. The van der Waals surface area contributed by atoms with E-state index in [4.69, 9.17) is 11.6 Å². The molecule has 1 aromatic rings. The molecule has 1 aromatic carbocycles.